The molecule has 3 rings (SSSR count). The highest BCUT2D eigenvalue weighted by atomic mass is 35.5. The number of fused-ring (bicyclic) bond motifs is 1. The molecule has 1 unspecified atom stereocenters. The number of likely N-dealkylation sites (tertiary alicyclic amines) is 1. The predicted octanol–water partition coefficient (Wildman–Crippen LogP) is 3.69. The summed E-state index contributed by atoms with van der Waals surface area (Å²) in [5.74, 6) is 0.653. The van der Waals surface area contributed by atoms with Gasteiger partial charge in [-0.2, -0.15) is 0 Å². The Morgan fingerprint density at radius 3 is 3.11 bits per heavy atom. The van der Waals surface area contributed by atoms with E-state index in [1.807, 2.05) is 18.2 Å². The molecule has 0 amide bonds. The normalized spacial score (nSPS) is 21.1. The van der Waals surface area contributed by atoms with Crippen LogP contribution in [0.15, 0.2) is 18.2 Å². The molecule has 1 aliphatic heterocycles. The first-order chi connectivity index (χ1) is 9.15. The van der Waals surface area contributed by atoms with Gasteiger partial charge in [-0.1, -0.05) is 17.7 Å². The van der Waals surface area contributed by atoms with Gasteiger partial charge in [0.1, 0.15) is 0 Å². The van der Waals surface area contributed by atoms with Crippen molar-refractivity contribution in [3.05, 3.63) is 28.0 Å². The molecule has 19 heavy (non-hydrogen) atoms. The predicted molar refractivity (Wildman–Crippen MR) is 82.4 cm³/mol. The van der Waals surface area contributed by atoms with Crippen LogP contribution in [0.1, 0.15) is 12.8 Å². The average molecular weight is 296 g/mol. The third kappa shape index (κ3) is 2.57. The van der Waals surface area contributed by atoms with E-state index in [0.717, 1.165) is 33.9 Å². The van der Waals surface area contributed by atoms with Crippen LogP contribution in [0.25, 0.3) is 11.0 Å². The minimum Gasteiger partial charge on any atom is -0.331 e. The van der Waals surface area contributed by atoms with Crippen molar-refractivity contribution >= 4 is 34.9 Å². The van der Waals surface area contributed by atoms with E-state index in [1.165, 1.54) is 19.4 Å². The van der Waals surface area contributed by atoms with E-state index in [1.54, 1.807) is 0 Å². The highest BCUT2D eigenvalue weighted by molar-refractivity contribution is 7.71. The highest BCUT2D eigenvalue weighted by Crippen LogP contribution is 2.26. The highest BCUT2D eigenvalue weighted by Gasteiger charge is 2.19. The number of nitrogens with one attached hydrogen (secondary N) is 1. The zero-order chi connectivity index (χ0) is 13.4. The Bertz CT molecular complexity index is 646. The van der Waals surface area contributed by atoms with E-state index >= 15 is 0 Å². The van der Waals surface area contributed by atoms with Crippen LogP contribution < -0.4 is 0 Å². The lowest BCUT2D eigenvalue weighted by molar-refractivity contribution is 0.195. The molecule has 1 aromatic heterocycles. The van der Waals surface area contributed by atoms with Crippen molar-refractivity contribution in [3.8, 4) is 0 Å². The van der Waals surface area contributed by atoms with Crippen LogP contribution in [0, 0.1) is 10.7 Å². The number of imidazole rings is 1. The van der Waals surface area contributed by atoms with Crippen LogP contribution in [0.3, 0.4) is 0 Å². The van der Waals surface area contributed by atoms with Gasteiger partial charge >= 0.3 is 0 Å². The van der Waals surface area contributed by atoms with Crippen LogP contribution >= 0.6 is 23.8 Å². The maximum Gasteiger partial charge on any atom is 0.178 e. The lowest BCUT2D eigenvalue weighted by Crippen LogP contribution is -2.34. The first kappa shape index (κ1) is 13.2. The molecule has 0 bridgehead atoms. The molecule has 1 N–H and O–H groups in total. The van der Waals surface area contributed by atoms with Gasteiger partial charge in [0, 0.05) is 13.1 Å². The fraction of sp³-hybridized carbons (Fsp3) is 0.500. The lowest BCUT2D eigenvalue weighted by atomic mass is 9.98. The summed E-state index contributed by atoms with van der Waals surface area (Å²) in [6, 6.07) is 5.91. The fourth-order valence-corrected chi connectivity index (χ4v) is 3.58. The number of halogens is 1. The van der Waals surface area contributed by atoms with Crippen molar-refractivity contribution in [3.63, 3.8) is 0 Å². The Morgan fingerprint density at radius 1 is 1.47 bits per heavy atom. The first-order valence-corrected chi connectivity index (χ1v) is 7.49. The van der Waals surface area contributed by atoms with Crippen LogP contribution in [-0.2, 0) is 6.54 Å². The number of aromatic nitrogens is 2. The molecule has 102 valence electrons. The molecule has 0 radical (unpaired) electrons. The van der Waals surface area contributed by atoms with Crippen molar-refractivity contribution in [2.45, 2.75) is 19.4 Å². The molecule has 1 saturated heterocycles. The van der Waals surface area contributed by atoms with Gasteiger partial charge in [0.15, 0.2) is 4.77 Å². The number of para-hydroxylation sites is 1. The quantitative estimate of drug-likeness (QED) is 0.854. The Labute approximate surface area is 123 Å². The van der Waals surface area contributed by atoms with Gasteiger partial charge in [0.25, 0.3) is 0 Å². The van der Waals surface area contributed by atoms with Crippen molar-refractivity contribution < 1.29 is 0 Å². The van der Waals surface area contributed by atoms with Crippen molar-refractivity contribution in [2.75, 3.05) is 20.1 Å². The lowest BCUT2D eigenvalue weighted by Gasteiger charge is -2.30. The van der Waals surface area contributed by atoms with Crippen LogP contribution in [0.2, 0.25) is 5.02 Å². The van der Waals surface area contributed by atoms with E-state index in [4.69, 9.17) is 23.8 Å². The zero-order valence-electron chi connectivity index (χ0n) is 11.0. The van der Waals surface area contributed by atoms with Crippen LogP contribution in [0.5, 0.6) is 0 Å². The molecule has 0 spiro atoms. The van der Waals surface area contributed by atoms with Crippen molar-refractivity contribution in [2.24, 2.45) is 5.92 Å². The SMILES string of the molecule is CN1CCCC(Cn2c(=S)[nH]c3cccc(Cl)c32)C1. The third-order valence-corrected chi connectivity index (χ3v) is 4.53. The van der Waals surface area contributed by atoms with E-state index in [2.05, 4.69) is 21.5 Å². The summed E-state index contributed by atoms with van der Waals surface area (Å²) >= 11 is 11.8. The number of benzene rings is 1. The van der Waals surface area contributed by atoms with Gasteiger partial charge < -0.3 is 14.5 Å². The maximum atomic E-state index is 6.32. The van der Waals surface area contributed by atoms with Gasteiger partial charge in [0.2, 0.25) is 0 Å². The van der Waals surface area contributed by atoms with E-state index in [9.17, 15) is 0 Å². The molecule has 3 nitrogen and oxygen atoms in total. The van der Waals surface area contributed by atoms with Gasteiger partial charge in [-0.3, -0.25) is 0 Å². The summed E-state index contributed by atoms with van der Waals surface area (Å²) in [5, 5.41) is 0.772. The largest absolute Gasteiger partial charge is 0.331 e. The standard InChI is InChI=1S/C14H18ClN3S/c1-17-7-3-4-10(8-17)9-18-13-11(15)5-2-6-12(13)16-14(18)19/h2,5-6,10H,3-4,7-9H2,1H3,(H,16,19). The Morgan fingerprint density at radius 2 is 2.32 bits per heavy atom. The summed E-state index contributed by atoms with van der Waals surface area (Å²) in [7, 11) is 2.19. The fourth-order valence-electron chi connectivity index (χ4n) is 3.03. The molecular formula is C14H18ClN3S. The molecular weight excluding hydrogens is 278 g/mol. The van der Waals surface area contributed by atoms with Crippen LogP contribution in [0.4, 0.5) is 0 Å². The summed E-state index contributed by atoms with van der Waals surface area (Å²) in [4.78, 5) is 5.65. The average Bonchev–Trinajstić information content (AvgIpc) is 2.67. The Hall–Kier alpha value is -0.840. The monoisotopic (exact) mass is 295 g/mol. The number of hydrogen-bond donors (Lipinski definition) is 1. The topological polar surface area (TPSA) is 24.0 Å². The molecule has 2 heterocycles. The molecule has 1 aliphatic rings. The second-order valence-corrected chi connectivity index (χ2v) is 6.24. The van der Waals surface area contributed by atoms with E-state index in [0.29, 0.717) is 5.92 Å². The summed E-state index contributed by atoms with van der Waals surface area (Å²) < 4.78 is 2.94. The van der Waals surface area contributed by atoms with E-state index < -0.39 is 0 Å². The van der Waals surface area contributed by atoms with Gasteiger partial charge in [-0.05, 0) is 56.7 Å². The molecule has 0 saturated carbocycles. The number of aromatic amines is 1. The molecule has 1 fully saturated rings. The second kappa shape index (κ2) is 5.27. The third-order valence-electron chi connectivity index (χ3n) is 3.91. The number of rotatable bonds is 2. The Kier molecular flexibility index (Phi) is 3.65. The summed E-state index contributed by atoms with van der Waals surface area (Å²) in [6.45, 7) is 3.29. The number of H-pyrrole nitrogens is 1. The van der Waals surface area contributed by atoms with Crippen molar-refractivity contribution in [1.29, 1.82) is 0 Å². The number of hydrogen-bond acceptors (Lipinski definition) is 2. The van der Waals surface area contributed by atoms with Crippen LogP contribution in [-0.4, -0.2) is 34.6 Å². The maximum absolute atomic E-state index is 6.32. The number of nitrogens with zero attached hydrogens (tertiary/aromatic N) is 2. The minimum absolute atomic E-state index is 0.653. The van der Waals surface area contributed by atoms with Gasteiger partial charge in [-0.25, -0.2) is 0 Å². The smallest absolute Gasteiger partial charge is 0.178 e. The van der Waals surface area contributed by atoms with E-state index in [-0.39, 0.29) is 0 Å². The molecule has 1 atom stereocenters. The second-order valence-electron chi connectivity index (χ2n) is 5.45. The molecule has 2 aromatic rings. The zero-order valence-corrected chi connectivity index (χ0v) is 12.6. The molecule has 0 aliphatic carbocycles. The number of piperidine rings is 1. The minimum atomic E-state index is 0.653. The van der Waals surface area contributed by atoms with Gasteiger partial charge in [-0.15, -0.1) is 0 Å². The van der Waals surface area contributed by atoms with Crippen molar-refractivity contribution in [1.82, 2.24) is 14.5 Å². The summed E-state index contributed by atoms with van der Waals surface area (Å²) in [5.41, 5.74) is 2.07. The molecule has 5 heteroatoms. The first-order valence-electron chi connectivity index (χ1n) is 6.70. The molecule has 1 aromatic carbocycles. The van der Waals surface area contributed by atoms with Gasteiger partial charge in [0.05, 0.1) is 16.1 Å². The Balaban J connectivity index is 1.96. The summed E-state index contributed by atoms with van der Waals surface area (Å²) in [6.07, 6.45) is 2.54.